The largest absolute Gasteiger partial charge is 0.324 e. The molecule has 2 N–H and O–H groups in total. The van der Waals surface area contributed by atoms with Gasteiger partial charge in [0.05, 0.1) is 6.54 Å². The summed E-state index contributed by atoms with van der Waals surface area (Å²) in [4.78, 5) is 4.37. The van der Waals surface area contributed by atoms with Crippen molar-refractivity contribution in [2.75, 3.05) is 0 Å². The van der Waals surface area contributed by atoms with E-state index in [1.54, 1.807) is 0 Å². The van der Waals surface area contributed by atoms with Gasteiger partial charge in [0.1, 0.15) is 5.82 Å². The van der Waals surface area contributed by atoms with Crippen molar-refractivity contribution in [3.63, 3.8) is 0 Å². The topological polar surface area (TPSA) is 56.7 Å². The third-order valence-electron chi connectivity index (χ3n) is 2.56. The average Bonchev–Trinajstić information content (AvgIpc) is 2.69. The van der Waals surface area contributed by atoms with Gasteiger partial charge < -0.3 is 5.73 Å². The van der Waals surface area contributed by atoms with E-state index in [2.05, 4.69) is 34.3 Å². The fraction of sp³-hybridized carbons (Fsp3) is 0.333. The fourth-order valence-corrected chi connectivity index (χ4v) is 1.68. The SMILES string of the molecule is Cn1nc(CN)nc1CCc1ccccc1. The number of nitrogens with two attached hydrogens (primary N) is 1. The molecule has 0 bridgehead atoms. The molecule has 0 aliphatic carbocycles. The summed E-state index contributed by atoms with van der Waals surface area (Å²) in [5, 5.41) is 4.22. The maximum Gasteiger partial charge on any atom is 0.164 e. The van der Waals surface area contributed by atoms with Crippen molar-refractivity contribution in [1.29, 1.82) is 0 Å². The van der Waals surface area contributed by atoms with E-state index in [1.165, 1.54) is 5.56 Å². The standard InChI is InChI=1S/C12H16N4/c1-16-12(14-11(9-13)15-16)8-7-10-5-3-2-4-6-10/h2-6H,7-9,13H2,1H3. The van der Waals surface area contributed by atoms with Crippen LogP contribution in [-0.4, -0.2) is 14.8 Å². The van der Waals surface area contributed by atoms with E-state index in [1.807, 2.05) is 17.8 Å². The van der Waals surface area contributed by atoms with Gasteiger partial charge in [0.15, 0.2) is 5.82 Å². The Balaban J connectivity index is 2.02. The lowest BCUT2D eigenvalue weighted by Crippen LogP contribution is -2.01. The van der Waals surface area contributed by atoms with Gasteiger partial charge in [0.25, 0.3) is 0 Å². The van der Waals surface area contributed by atoms with Crippen LogP contribution in [0.4, 0.5) is 0 Å². The monoisotopic (exact) mass is 216 g/mol. The average molecular weight is 216 g/mol. The van der Waals surface area contributed by atoms with Crippen molar-refractivity contribution >= 4 is 0 Å². The molecule has 1 heterocycles. The second-order valence-electron chi connectivity index (χ2n) is 3.76. The highest BCUT2D eigenvalue weighted by Crippen LogP contribution is 2.05. The Labute approximate surface area is 95.1 Å². The molecule has 0 unspecified atom stereocenters. The van der Waals surface area contributed by atoms with Gasteiger partial charge in [0, 0.05) is 13.5 Å². The van der Waals surface area contributed by atoms with E-state index in [-0.39, 0.29) is 0 Å². The van der Waals surface area contributed by atoms with Gasteiger partial charge in [-0.3, -0.25) is 4.68 Å². The van der Waals surface area contributed by atoms with Crippen molar-refractivity contribution in [3.8, 4) is 0 Å². The quantitative estimate of drug-likeness (QED) is 0.831. The van der Waals surface area contributed by atoms with Crippen LogP contribution in [0.1, 0.15) is 17.2 Å². The molecule has 0 aliphatic heterocycles. The molecule has 0 aliphatic rings. The maximum absolute atomic E-state index is 5.50. The Morgan fingerprint density at radius 3 is 2.56 bits per heavy atom. The minimum absolute atomic E-state index is 0.402. The predicted octanol–water partition coefficient (Wildman–Crippen LogP) is 1.06. The number of benzene rings is 1. The summed E-state index contributed by atoms with van der Waals surface area (Å²) in [6.45, 7) is 0.402. The molecular weight excluding hydrogens is 200 g/mol. The lowest BCUT2D eigenvalue weighted by Gasteiger charge is -2.00. The smallest absolute Gasteiger partial charge is 0.164 e. The summed E-state index contributed by atoms with van der Waals surface area (Å²) < 4.78 is 1.81. The van der Waals surface area contributed by atoms with Crippen LogP contribution in [0.3, 0.4) is 0 Å². The Hall–Kier alpha value is -1.68. The minimum Gasteiger partial charge on any atom is -0.324 e. The van der Waals surface area contributed by atoms with Crippen LogP contribution in [0, 0.1) is 0 Å². The molecule has 84 valence electrons. The van der Waals surface area contributed by atoms with Crippen LogP contribution in [0.15, 0.2) is 30.3 Å². The summed E-state index contributed by atoms with van der Waals surface area (Å²) in [7, 11) is 1.91. The van der Waals surface area contributed by atoms with Crippen LogP contribution in [0.5, 0.6) is 0 Å². The maximum atomic E-state index is 5.50. The van der Waals surface area contributed by atoms with Crippen LogP contribution < -0.4 is 5.73 Å². The molecule has 0 amide bonds. The third kappa shape index (κ3) is 2.46. The summed E-state index contributed by atoms with van der Waals surface area (Å²) >= 11 is 0. The summed E-state index contributed by atoms with van der Waals surface area (Å²) in [5.74, 6) is 1.70. The molecular formula is C12H16N4. The predicted molar refractivity (Wildman–Crippen MR) is 62.7 cm³/mol. The van der Waals surface area contributed by atoms with Crippen molar-refractivity contribution in [2.45, 2.75) is 19.4 Å². The summed E-state index contributed by atoms with van der Waals surface area (Å²) in [6.07, 6.45) is 1.88. The molecule has 0 atom stereocenters. The highest BCUT2D eigenvalue weighted by molar-refractivity contribution is 5.15. The Bertz CT molecular complexity index is 447. The Kier molecular flexibility index (Phi) is 3.31. The Morgan fingerprint density at radius 2 is 1.94 bits per heavy atom. The zero-order chi connectivity index (χ0) is 11.4. The second kappa shape index (κ2) is 4.90. The summed E-state index contributed by atoms with van der Waals surface area (Å²) in [6, 6.07) is 10.4. The van der Waals surface area contributed by atoms with Gasteiger partial charge in [0.2, 0.25) is 0 Å². The van der Waals surface area contributed by atoms with Crippen LogP contribution in [0.2, 0.25) is 0 Å². The lowest BCUT2D eigenvalue weighted by atomic mass is 10.1. The number of aryl methyl sites for hydroxylation is 3. The van der Waals surface area contributed by atoms with E-state index in [4.69, 9.17) is 5.73 Å². The van der Waals surface area contributed by atoms with Crippen molar-refractivity contribution in [3.05, 3.63) is 47.5 Å². The Morgan fingerprint density at radius 1 is 1.19 bits per heavy atom. The number of nitrogens with zero attached hydrogens (tertiary/aromatic N) is 3. The number of aromatic nitrogens is 3. The molecule has 0 saturated heterocycles. The van der Waals surface area contributed by atoms with Crippen LogP contribution >= 0.6 is 0 Å². The molecule has 0 radical (unpaired) electrons. The van der Waals surface area contributed by atoms with Crippen molar-refractivity contribution in [2.24, 2.45) is 12.8 Å². The van der Waals surface area contributed by atoms with Crippen LogP contribution in [0.25, 0.3) is 0 Å². The lowest BCUT2D eigenvalue weighted by molar-refractivity contribution is 0.686. The van der Waals surface area contributed by atoms with Crippen molar-refractivity contribution in [1.82, 2.24) is 14.8 Å². The zero-order valence-electron chi connectivity index (χ0n) is 9.43. The van der Waals surface area contributed by atoms with E-state index in [0.717, 1.165) is 18.7 Å². The van der Waals surface area contributed by atoms with Gasteiger partial charge in [-0.25, -0.2) is 4.98 Å². The fourth-order valence-electron chi connectivity index (χ4n) is 1.68. The van der Waals surface area contributed by atoms with E-state index >= 15 is 0 Å². The van der Waals surface area contributed by atoms with E-state index in [9.17, 15) is 0 Å². The highest BCUT2D eigenvalue weighted by atomic mass is 15.3. The zero-order valence-corrected chi connectivity index (χ0v) is 9.43. The third-order valence-corrected chi connectivity index (χ3v) is 2.56. The first-order valence-corrected chi connectivity index (χ1v) is 5.42. The molecule has 1 aromatic heterocycles. The molecule has 16 heavy (non-hydrogen) atoms. The van der Waals surface area contributed by atoms with Gasteiger partial charge in [-0.15, -0.1) is 0 Å². The highest BCUT2D eigenvalue weighted by Gasteiger charge is 2.05. The molecule has 0 spiro atoms. The van der Waals surface area contributed by atoms with Gasteiger partial charge >= 0.3 is 0 Å². The van der Waals surface area contributed by atoms with Crippen LogP contribution in [-0.2, 0) is 26.4 Å². The first-order valence-electron chi connectivity index (χ1n) is 5.42. The van der Waals surface area contributed by atoms with Gasteiger partial charge in [-0.05, 0) is 12.0 Å². The second-order valence-corrected chi connectivity index (χ2v) is 3.76. The number of rotatable bonds is 4. The molecule has 0 fully saturated rings. The van der Waals surface area contributed by atoms with Gasteiger partial charge in [-0.2, -0.15) is 5.10 Å². The molecule has 0 saturated carbocycles. The van der Waals surface area contributed by atoms with Crippen molar-refractivity contribution < 1.29 is 0 Å². The molecule has 2 rings (SSSR count). The van der Waals surface area contributed by atoms with E-state index in [0.29, 0.717) is 12.4 Å². The molecule has 4 heteroatoms. The first kappa shape index (κ1) is 10.8. The van der Waals surface area contributed by atoms with E-state index < -0.39 is 0 Å². The number of hydrogen-bond acceptors (Lipinski definition) is 3. The number of hydrogen-bond donors (Lipinski definition) is 1. The minimum atomic E-state index is 0.402. The normalized spacial score (nSPS) is 10.6. The summed E-state index contributed by atoms with van der Waals surface area (Å²) in [5.41, 5.74) is 6.82. The van der Waals surface area contributed by atoms with Gasteiger partial charge in [-0.1, -0.05) is 30.3 Å². The molecule has 1 aromatic carbocycles. The first-order chi connectivity index (χ1) is 7.79. The molecule has 2 aromatic rings. The molecule has 4 nitrogen and oxygen atoms in total.